The Kier molecular flexibility index (Phi) is 5.72. The van der Waals surface area contributed by atoms with Gasteiger partial charge in [0.2, 0.25) is 11.7 Å². The number of anilines is 1. The Morgan fingerprint density at radius 3 is 1.97 bits per heavy atom. The average Bonchev–Trinajstić information content (AvgIpc) is 3.09. The van der Waals surface area contributed by atoms with Gasteiger partial charge in [-0.15, -0.1) is 0 Å². The normalized spacial score (nSPS) is 10.6. The zero-order chi connectivity index (χ0) is 22.0. The van der Waals surface area contributed by atoms with Crippen LogP contribution in [0, 0.1) is 0 Å². The molecule has 0 atom stereocenters. The summed E-state index contributed by atoms with van der Waals surface area (Å²) in [5, 5.41) is 0. The molecule has 158 valence electrons. The number of ether oxygens (including phenoxy) is 4. The van der Waals surface area contributed by atoms with Gasteiger partial charge >= 0.3 is 5.69 Å². The molecule has 0 amide bonds. The van der Waals surface area contributed by atoms with Crippen molar-refractivity contribution in [3.8, 4) is 39.9 Å². The molecular formula is C21H23N3O6. The molecule has 9 heteroatoms. The van der Waals surface area contributed by atoms with Crippen LogP contribution >= 0.6 is 0 Å². The van der Waals surface area contributed by atoms with Crippen LogP contribution in [0.25, 0.3) is 16.9 Å². The lowest BCUT2D eigenvalue weighted by molar-refractivity contribution is 0.0932. The molecule has 0 unspecified atom stereocenters. The summed E-state index contributed by atoms with van der Waals surface area (Å²) in [6.45, 7) is 1.31. The Hall–Kier alpha value is -3.88. The van der Waals surface area contributed by atoms with Gasteiger partial charge in [0, 0.05) is 30.8 Å². The number of nitrogens with zero attached hydrogens (tertiary/aromatic N) is 2. The van der Waals surface area contributed by atoms with E-state index in [1.165, 1.54) is 46.1 Å². The largest absolute Gasteiger partial charge is 0.495 e. The van der Waals surface area contributed by atoms with Crippen molar-refractivity contribution in [2.45, 2.75) is 6.92 Å². The number of nitrogen functional groups attached to an aromatic ring is 1. The first-order chi connectivity index (χ1) is 14.4. The lowest BCUT2D eigenvalue weighted by Gasteiger charge is -2.15. The zero-order valence-corrected chi connectivity index (χ0v) is 17.4. The molecule has 3 rings (SSSR count). The van der Waals surface area contributed by atoms with Crippen molar-refractivity contribution in [2.24, 2.45) is 0 Å². The summed E-state index contributed by atoms with van der Waals surface area (Å²) in [5.74, 6) is 1.21. The lowest BCUT2D eigenvalue weighted by atomic mass is 10.1. The highest BCUT2D eigenvalue weighted by molar-refractivity contribution is 5.79. The molecule has 0 fully saturated rings. The van der Waals surface area contributed by atoms with Gasteiger partial charge in [-0.3, -0.25) is 9.36 Å². The van der Waals surface area contributed by atoms with E-state index in [1.807, 2.05) is 0 Å². The number of hydrogen-bond acceptors (Lipinski definition) is 7. The molecule has 2 aromatic carbocycles. The number of carbonyl (C=O) groups excluding carboxylic acids is 1. The monoisotopic (exact) mass is 413 g/mol. The summed E-state index contributed by atoms with van der Waals surface area (Å²) >= 11 is 0. The van der Waals surface area contributed by atoms with Crippen LogP contribution in [0.3, 0.4) is 0 Å². The first-order valence-corrected chi connectivity index (χ1v) is 8.95. The van der Waals surface area contributed by atoms with Crippen LogP contribution in [0.1, 0.15) is 11.7 Å². The number of imidazole rings is 1. The van der Waals surface area contributed by atoms with E-state index in [0.717, 1.165) is 4.57 Å². The van der Waals surface area contributed by atoms with E-state index >= 15 is 0 Å². The van der Waals surface area contributed by atoms with Crippen molar-refractivity contribution in [1.29, 1.82) is 0 Å². The third kappa shape index (κ3) is 3.45. The van der Waals surface area contributed by atoms with Crippen LogP contribution < -0.4 is 30.4 Å². The van der Waals surface area contributed by atoms with E-state index in [9.17, 15) is 9.59 Å². The molecule has 0 radical (unpaired) electrons. The Bertz CT molecular complexity index is 1140. The molecular weight excluding hydrogens is 390 g/mol. The van der Waals surface area contributed by atoms with Gasteiger partial charge in [-0.25, -0.2) is 9.36 Å². The van der Waals surface area contributed by atoms with Gasteiger partial charge in [0.05, 0.1) is 45.5 Å². The predicted octanol–water partition coefficient (Wildman–Crippen LogP) is 2.58. The fourth-order valence-corrected chi connectivity index (χ4v) is 3.21. The topological polar surface area (TPSA) is 107 Å². The summed E-state index contributed by atoms with van der Waals surface area (Å²) in [6, 6.07) is 8.38. The maximum absolute atomic E-state index is 13.1. The molecule has 30 heavy (non-hydrogen) atoms. The predicted molar refractivity (Wildman–Crippen MR) is 112 cm³/mol. The molecule has 3 aromatic rings. The fraction of sp³-hybridized carbons (Fsp3) is 0.238. The molecule has 0 saturated carbocycles. The Morgan fingerprint density at radius 2 is 1.50 bits per heavy atom. The molecule has 0 aliphatic heterocycles. The smallest absolute Gasteiger partial charge is 0.340 e. The van der Waals surface area contributed by atoms with Crippen LogP contribution in [0.4, 0.5) is 5.69 Å². The fourth-order valence-electron chi connectivity index (χ4n) is 3.21. The Morgan fingerprint density at radius 1 is 0.900 bits per heavy atom. The minimum Gasteiger partial charge on any atom is -0.495 e. The molecule has 0 spiro atoms. The van der Waals surface area contributed by atoms with E-state index in [1.54, 1.807) is 30.3 Å². The SMILES string of the molecule is COc1ccc(-c2cn(C(C)=O)c(=O)n2-c2cc(OC)c(OC)c(OC)c2)cc1N. The van der Waals surface area contributed by atoms with Crippen LogP contribution in [-0.4, -0.2) is 43.5 Å². The first-order valence-electron chi connectivity index (χ1n) is 8.95. The van der Waals surface area contributed by atoms with Gasteiger partial charge in [-0.1, -0.05) is 0 Å². The summed E-state index contributed by atoms with van der Waals surface area (Å²) in [6.07, 6.45) is 1.47. The maximum atomic E-state index is 13.1. The molecule has 0 saturated heterocycles. The number of hydrogen-bond donors (Lipinski definition) is 1. The van der Waals surface area contributed by atoms with Gasteiger partial charge < -0.3 is 24.7 Å². The summed E-state index contributed by atoms with van der Waals surface area (Å²) in [5.41, 5.74) is 7.42. The minimum atomic E-state index is -0.541. The third-order valence-corrected chi connectivity index (χ3v) is 4.66. The Labute approximate surface area is 173 Å². The summed E-state index contributed by atoms with van der Waals surface area (Å²) < 4.78 is 23.8. The van der Waals surface area contributed by atoms with Gasteiger partial charge in [-0.2, -0.15) is 0 Å². The average molecular weight is 413 g/mol. The molecule has 0 aliphatic carbocycles. The van der Waals surface area contributed by atoms with Crippen LogP contribution in [0.2, 0.25) is 0 Å². The zero-order valence-electron chi connectivity index (χ0n) is 17.4. The number of carbonyl (C=O) groups is 1. The number of methoxy groups -OCH3 is 4. The van der Waals surface area contributed by atoms with E-state index < -0.39 is 11.6 Å². The van der Waals surface area contributed by atoms with Gasteiger partial charge in [0.25, 0.3) is 0 Å². The van der Waals surface area contributed by atoms with Gasteiger partial charge in [0.15, 0.2) is 11.5 Å². The second-order valence-corrected chi connectivity index (χ2v) is 6.36. The standard InChI is InChI=1S/C21H23N3O6/c1-12(25)23-11-16(13-6-7-17(27-2)15(22)8-13)24(21(23)26)14-9-18(28-3)20(30-5)19(10-14)29-4/h6-11H,22H2,1-5H3. The van der Waals surface area contributed by atoms with Gasteiger partial charge in [0.1, 0.15) is 5.75 Å². The summed E-state index contributed by atoms with van der Waals surface area (Å²) in [4.78, 5) is 25.1. The molecule has 1 heterocycles. The van der Waals surface area contributed by atoms with Crippen molar-refractivity contribution in [1.82, 2.24) is 9.13 Å². The Balaban J connectivity index is 2.34. The third-order valence-electron chi connectivity index (χ3n) is 4.66. The highest BCUT2D eigenvalue weighted by Crippen LogP contribution is 2.40. The van der Waals surface area contributed by atoms with Crippen molar-refractivity contribution in [3.05, 3.63) is 47.0 Å². The number of nitrogens with two attached hydrogens (primary N) is 1. The molecule has 0 aliphatic rings. The van der Waals surface area contributed by atoms with Crippen molar-refractivity contribution in [2.75, 3.05) is 34.2 Å². The number of rotatable bonds is 6. The van der Waals surface area contributed by atoms with Crippen molar-refractivity contribution >= 4 is 11.6 Å². The van der Waals surface area contributed by atoms with Crippen molar-refractivity contribution in [3.63, 3.8) is 0 Å². The van der Waals surface area contributed by atoms with Crippen LogP contribution in [0.5, 0.6) is 23.0 Å². The molecule has 9 nitrogen and oxygen atoms in total. The highest BCUT2D eigenvalue weighted by Gasteiger charge is 2.21. The molecule has 2 N–H and O–H groups in total. The van der Waals surface area contributed by atoms with E-state index in [-0.39, 0.29) is 0 Å². The maximum Gasteiger partial charge on any atom is 0.340 e. The quantitative estimate of drug-likeness (QED) is 0.619. The number of aromatic nitrogens is 2. The number of benzene rings is 2. The minimum absolute atomic E-state index is 0.370. The van der Waals surface area contributed by atoms with E-state index in [2.05, 4.69) is 0 Å². The van der Waals surface area contributed by atoms with Crippen LogP contribution in [0.15, 0.2) is 41.3 Å². The lowest BCUT2D eigenvalue weighted by Crippen LogP contribution is -2.26. The van der Waals surface area contributed by atoms with Crippen molar-refractivity contribution < 1.29 is 23.7 Å². The van der Waals surface area contributed by atoms with Crippen LogP contribution in [-0.2, 0) is 0 Å². The second-order valence-electron chi connectivity index (χ2n) is 6.36. The second kappa shape index (κ2) is 8.24. The van der Waals surface area contributed by atoms with Gasteiger partial charge in [-0.05, 0) is 18.2 Å². The molecule has 1 aromatic heterocycles. The summed E-state index contributed by atoms with van der Waals surface area (Å²) in [7, 11) is 5.97. The van der Waals surface area contributed by atoms with E-state index in [0.29, 0.717) is 45.6 Å². The first kappa shape index (κ1) is 20.8. The van der Waals surface area contributed by atoms with E-state index in [4.69, 9.17) is 24.7 Å². The molecule has 0 bridgehead atoms. The highest BCUT2D eigenvalue weighted by atomic mass is 16.5.